The van der Waals surface area contributed by atoms with Gasteiger partial charge in [-0.05, 0) is 47.0 Å². The molecule has 0 aromatic rings. The largest absolute Gasteiger partial charge is 0.377 e. The van der Waals surface area contributed by atoms with Crippen LogP contribution in [0.4, 0.5) is 0 Å². The predicted molar refractivity (Wildman–Crippen MR) is 71.3 cm³/mol. The van der Waals surface area contributed by atoms with E-state index in [-0.39, 0.29) is 0 Å². The lowest BCUT2D eigenvalue weighted by Crippen LogP contribution is -2.52. The van der Waals surface area contributed by atoms with Gasteiger partial charge in [0.2, 0.25) is 0 Å². The molecule has 2 unspecified atom stereocenters. The van der Waals surface area contributed by atoms with Gasteiger partial charge in [0.1, 0.15) is 0 Å². The summed E-state index contributed by atoms with van der Waals surface area (Å²) in [6, 6.07) is 1.28. The summed E-state index contributed by atoms with van der Waals surface area (Å²) in [4.78, 5) is 2.60. The van der Waals surface area contributed by atoms with Crippen molar-refractivity contribution in [1.82, 2.24) is 10.2 Å². The summed E-state index contributed by atoms with van der Waals surface area (Å²) >= 11 is 0. The van der Waals surface area contributed by atoms with Gasteiger partial charge in [-0.1, -0.05) is 0 Å². The van der Waals surface area contributed by atoms with E-state index in [4.69, 9.17) is 4.74 Å². The minimum absolute atomic E-state index is 0.328. The van der Waals surface area contributed by atoms with Crippen LogP contribution in [0.2, 0.25) is 0 Å². The van der Waals surface area contributed by atoms with E-state index >= 15 is 0 Å². The summed E-state index contributed by atoms with van der Waals surface area (Å²) in [5, 5.41) is 3.79. The number of hydrogen-bond acceptors (Lipinski definition) is 3. The van der Waals surface area contributed by atoms with Crippen LogP contribution in [-0.4, -0.2) is 48.3 Å². The molecule has 0 spiro atoms. The van der Waals surface area contributed by atoms with E-state index in [2.05, 4.69) is 37.9 Å². The first-order chi connectivity index (χ1) is 7.97. The quantitative estimate of drug-likeness (QED) is 0.799. The maximum absolute atomic E-state index is 5.61. The second kappa shape index (κ2) is 5.25. The molecule has 0 radical (unpaired) electrons. The normalized spacial score (nSPS) is 33.2. The van der Waals surface area contributed by atoms with E-state index in [1.807, 2.05) is 0 Å². The number of rotatable bonds is 2. The number of likely N-dealkylation sites (tertiary alicyclic amines) is 1. The Labute approximate surface area is 106 Å². The van der Waals surface area contributed by atoms with Gasteiger partial charge in [-0.3, -0.25) is 4.90 Å². The standard InChI is InChI=1S/C14H28N2O/c1-11-13(7-10-17-11)15-12-5-8-16(9-6-12)14(2,3)4/h11-13,15H,5-10H2,1-4H3. The molecule has 1 N–H and O–H groups in total. The Balaban J connectivity index is 1.76. The average Bonchev–Trinajstić information content (AvgIpc) is 2.64. The first-order valence-corrected chi connectivity index (χ1v) is 7.09. The molecule has 0 bridgehead atoms. The van der Waals surface area contributed by atoms with Crippen molar-refractivity contribution in [3.63, 3.8) is 0 Å². The van der Waals surface area contributed by atoms with Crippen molar-refractivity contribution < 1.29 is 4.74 Å². The zero-order chi connectivity index (χ0) is 12.5. The zero-order valence-electron chi connectivity index (χ0n) is 11.8. The maximum atomic E-state index is 5.61. The monoisotopic (exact) mass is 240 g/mol. The molecule has 0 aromatic heterocycles. The van der Waals surface area contributed by atoms with Crippen molar-refractivity contribution >= 4 is 0 Å². The molecule has 3 heteroatoms. The van der Waals surface area contributed by atoms with E-state index in [0.717, 1.165) is 6.61 Å². The van der Waals surface area contributed by atoms with Crippen LogP contribution in [0.25, 0.3) is 0 Å². The predicted octanol–water partition coefficient (Wildman–Crippen LogP) is 2.02. The zero-order valence-corrected chi connectivity index (χ0v) is 11.8. The second-order valence-corrected chi connectivity index (χ2v) is 6.57. The van der Waals surface area contributed by atoms with Crippen LogP contribution < -0.4 is 5.32 Å². The third kappa shape index (κ3) is 3.43. The molecule has 2 saturated heterocycles. The summed E-state index contributed by atoms with van der Waals surface area (Å²) in [5.41, 5.74) is 0.328. The summed E-state index contributed by atoms with van der Waals surface area (Å²) in [7, 11) is 0. The Morgan fingerprint density at radius 3 is 2.24 bits per heavy atom. The first kappa shape index (κ1) is 13.3. The Bertz CT molecular complexity index is 241. The maximum Gasteiger partial charge on any atom is 0.0700 e. The molecule has 2 fully saturated rings. The van der Waals surface area contributed by atoms with E-state index in [1.54, 1.807) is 0 Å². The van der Waals surface area contributed by atoms with Crippen LogP contribution in [-0.2, 0) is 4.74 Å². The lowest BCUT2D eigenvalue weighted by atomic mass is 9.97. The second-order valence-electron chi connectivity index (χ2n) is 6.57. The van der Waals surface area contributed by atoms with Gasteiger partial charge in [0.05, 0.1) is 6.10 Å². The van der Waals surface area contributed by atoms with Crippen LogP contribution in [0.15, 0.2) is 0 Å². The van der Waals surface area contributed by atoms with Crippen LogP contribution in [0.3, 0.4) is 0 Å². The summed E-state index contributed by atoms with van der Waals surface area (Å²) < 4.78 is 5.61. The number of piperidine rings is 1. The first-order valence-electron chi connectivity index (χ1n) is 7.09. The third-order valence-electron chi connectivity index (χ3n) is 4.27. The molecular weight excluding hydrogens is 212 g/mol. The van der Waals surface area contributed by atoms with Crippen molar-refractivity contribution in [3.05, 3.63) is 0 Å². The SMILES string of the molecule is CC1OCCC1NC1CCN(C(C)(C)C)CC1. The molecule has 100 valence electrons. The number of ether oxygens (including phenoxy) is 1. The Morgan fingerprint density at radius 2 is 1.76 bits per heavy atom. The lowest BCUT2D eigenvalue weighted by Gasteiger charge is -2.41. The van der Waals surface area contributed by atoms with Crippen molar-refractivity contribution in [2.24, 2.45) is 0 Å². The van der Waals surface area contributed by atoms with E-state index in [0.29, 0.717) is 23.7 Å². The number of nitrogens with zero attached hydrogens (tertiary/aromatic N) is 1. The number of nitrogens with one attached hydrogen (secondary N) is 1. The highest BCUT2D eigenvalue weighted by Crippen LogP contribution is 2.22. The van der Waals surface area contributed by atoms with Gasteiger partial charge < -0.3 is 10.1 Å². The fraction of sp³-hybridized carbons (Fsp3) is 1.00. The van der Waals surface area contributed by atoms with Gasteiger partial charge in [0.25, 0.3) is 0 Å². The number of hydrogen-bond donors (Lipinski definition) is 1. The molecule has 2 aliphatic rings. The summed E-state index contributed by atoms with van der Waals surface area (Å²) in [5.74, 6) is 0. The van der Waals surface area contributed by atoms with Crippen molar-refractivity contribution in [1.29, 1.82) is 0 Å². The molecule has 2 aliphatic heterocycles. The van der Waals surface area contributed by atoms with E-state index < -0.39 is 0 Å². The molecule has 2 atom stereocenters. The molecule has 0 amide bonds. The van der Waals surface area contributed by atoms with Crippen LogP contribution in [0, 0.1) is 0 Å². The van der Waals surface area contributed by atoms with E-state index in [1.165, 1.54) is 32.4 Å². The molecule has 2 heterocycles. The molecule has 3 nitrogen and oxygen atoms in total. The third-order valence-corrected chi connectivity index (χ3v) is 4.27. The van der Waals surface area contributed by atoms with Gasteiger partial charge in [-0.25, -0.2) is 0 Å². The lowest BCUT2D eigenvalue weighted by molar-refractivity contribution is 0.0829. The molecule has 2 rings (SSSR count). The molecule has 0 aromatic carbocycles. The summed E-state index contributed by atoms with van der Waals surface area (Å²) in [6.07, 6.45) is 4.14. The average molecular weight is 240 g/mol. The van der Waals surface area contributed by atoms with Crippen molar-refractivity contribution in [2.45, 2.75) is 70.7 Å². The Morgan fingerprint density at radius 1 is 1.12 bits per heavy atom. The van der Waals surface area contributed by atoms with Crippen LogP contribution >= 0.6 is 0 Å². The fourth-order valence-corrected chi connectivity index (χ4v) is 2.97. The van der Waals surface area contributed by atoms with Gasteiger partial charge in [0.15, 0.2) is 0 Å². The highest BCUT2D eigenvalue weighted by atomic mass is 16.5. The van der Waals surface area contributed by atoms with Gasteiger partial charge in [-0.2, -0.15) is 0 Å². The minimum Gasteiger partial charge on any atom is -0.377 e. The van der Waals surface area contributed by atoms with Gasteiger partial charge in [-0.15, -0.1) is 0 Å². The molecular formula is C14H28N2O. The summed E-state index contributed by atoms with van der Waals surface area (Å²) in [6.45, 7) is 12.5. The Kier molecular flexibility index (Phi) is 4.11. The smallest absolute Gasteiger partial charge is 0.0700 e. The van der Waals surface area contributed by atoms with E-state index in [9.17, 15) is 0 Å². The minimum atomic E-state index is 0.328. The van der Waals surface area contributed by atoms with Crippen molar-refractivity contribution in [3.8, 4) is 0 Å². The molecule has 17 heavy (non-hydrogen) atoms. The van der Waals surface area contributed by atoms with Gasteiger partial charge in [0, 0.05) is 37.3 Å². The molecule has 0 aliphatic carbocycles. The highest BCUT2D eigenvalue weighted by molar-refractivity contribution is 4.88. The fourth-order valence-electron chi connectivity index (χ4n) is 2.97. The molecule has 0 saturated carbocycles. The van der Waals surface area contributed by atoms with Crippen LogP contribution in [0.5, 0.6) is 0 Å². The topological polar surface area (TPSA) is 24.5 Å². The van der Waals surface area contributed by atoms with Crippen LogP contribution in [0.1, 0.15) is 47.0 Å². The Hall–Kier alpha value is -0.120. The highest BCUT2D eigenvalue weighted by Gasteiger charge is 2.30. The van der Waals surface area contributed by atoms with Crippen molar-refractivity contribution in [2.75, 3.05) is 19.7 Å². The van der Waals surface area contributed by atoms with Gasteiger partial charge >= 0.3 is 0 Å².